The van der Waals surface area contributed by atoms with E-state index < -0.39 is 0 Å². The van der Waals surface area contributed by atoms with Gasteiger partial charge in [0.15, 0.2) is 0 Å². The Bertz CT molecular complexity index is 775. The molecule has 4 heteroatoms. The monoisotopic (exact) mass is 384 g/mol. The van der Waals surface area contributed by atoms with E-state index in [1.54, 1.807) is 6.07 Å². The molecule has 2 bridgehead atoms. The summed E-state index contributed by atoms with van der Waals surface area (Å²) < 4.78 is 2.30. The van der Waals surface area contributed by atoms with Crippen molar-refractivity contribution in [2.45, 2.75) is 26.2 Å². The first-order valence-corrected chi connectivity index (χ1v) is 9.50. The summed E-state index contributed by atoms with van der Waals surface area (Å²) >= 11 is 12.4. The first-order valence-electron chi connectivity index (χ1n) is 7.03. The second-order valence-corrected chi connectivity index (χ2v) is 9.60. The molecule has 2 aromatic rings. The fourth-order valence-electron chi connectivity index (χ4n) is 3.74. The van der Waals surface area contributed by atoms with Crippen LogP contribution in [0, 0.1) is 11.3 Å². The van der Waals surface area contributed by atoms with Crippen molar-refractivity contribution in [2.75, 3.05) is 0 Å². The van der Waals surface area contributed by atoms with Gasteiger partial charge in [-0.1, -0.05) is 0 Å². The Labute approximate surface area is 140 Å². The maximum atomic E-state index is 12.6. The van der Waals surface area contributed by atoms with E-state index in [-0.39, 0.29) is 25.8 Å². The third kappa shape index (κ3) is 1.86. The van der Waals surface area contributed by atoms with Crippen LogP contribution in [0.5, 0.6) is 0 Å². The van der Waals surface area contributed by atoms with Gasteiger partial charge in [0.25, 0.3) is 0 Å². The van der Waals surface area contributed by atoms with Gasteiger partial charge >= 0.3 is 140 Å². The Hall–Kier alpha value is -0.531. The van der Waals surface area contributed by atoms with Gasteiger partial charge in [0.2, 0.25) is 0 Å². The van der Waals surface area contributed by atoms with E-state index in [0.29, 0.717) is 21.7 Å². The third-order valence-electron chi connectivity index (χ3n) is 5.14. The van der Waals surface area contributed by atoms with Gasteiger partial charge in [-0.25, -0.2) is 0 Å². The van der Waals surface area contributed by atoms with Crippen LogP contribution in [0.2, 0.25) is 10.0 Å². The SMILES string of the molecule is CC1(C)[C@@H]2C[C@H]1c1cc(-c3ccc(Cl)cc3Cl)[se]c1C2=O. The van der Waals surface area contributed by atoms with Crippen LogP contribution < -0.4 is 0 Å². The van der Waals surface area contributed by atoms with Gasteiger partial charge in [-0.2, -0.15) is 0 Å². The molecule has 2 atom stereocenters. The molecule has 1 saturated carbocycles. The van der Waals surface area contributed by atoms with Crippen molar-refractivity contribution < 1.29 is 4.79 Å². The van der Waals surface area contributed by atoms with Crippen molar-refractivity contribution in [1.29, 1.82) is 0 Å². The van der Waals surface area contributed by atoms with E-state index in [0.717, 1.165) is 16.4 Å². The van der Waals surface area contributed by atoms with Gasteiger partial charge in [0.05, 0.1) is 0 Å². The minimum atomic E-state index is 0.0807. The Morgan fingerprint density at radius 1 is 1.19 bits per heavy atom. The summed E-state index contributed by atoms with van der Waals surface area (Å²) in [6.45, 7) is 4.45. The third-order valence-corrected chi connectivity index (χ3v) is 8.20. The molecule has 5 rings (SSSR count). The topological polar surface area (TPSA) is 17.1 Å². The summed E-state index contributed by atoms with van der Waals surface area (Å²) in [6.07, 6.45) is 1.03. The molecule has 0 aliphatic heterocycles. The molecule has 3 aliphatic carbocycles. The van der Waals surface area contributed by atoms with Crippen LogP contribution in [-0.4, -0.2) is 20.3 Å². The van der Waals surface area contributed by atoms with Crippen molar-refractivity contribution in [2.24, 2.45) is 11.3 Å². The summed E-state index contributed by atoms with van der Waals surface area (Å²) in [5.74, 6) is 1.16. The molecule has 0 spiro atoms. The standard InChI is InChI=1S/C17H14Cl2OSe/c1-17(2)11-7-12(17)15(20)16-10(11)6-14(21-16)9-4-3-8(18)5-13(9)19/h3-6,11-12H,7H2,1-2H3/t11-,12+/m0/s1. The Morgan fingerprint density at radius 2 is 1.95 bits per heavy atom. The molecule has 0 saturated heterocycles. The van der Waals surface area contributed by atoms with Gasteiger partial charge in [-0.15, -0.1) is 0 Å². The van der Waals surface area contributed by atoms with Crippen molar-refractivity contribution >= 4 is 43.5 Å². The number of carbonyl (C=O) groups excluding carboxylic acids is 1. The number of hydrogen-bond acceptors (Lipinski definition) is 1. The predicted molar refractivity (Wildman–Crippen MR) is 87.8 cm³/mol. The van der Waals surface area contributed by atoms with E-state index in [1.165, 1.54) is 10.0 Å². The van der Waals surface area contributed by atoms with E-state index in [1.807, 2.05) is 12.1 Å². The zero-order chi connectivity index (χ0) is 14.9. The van der Waals surface area contributed by atoms with Crippen LogP contribution in [0.15, 0.2) is 24.3 Å². The van der Waals surface area contributed by atoms with Gasteiger partial charge in [0.1, 0.15) is 0 Å². The molecule has 1 aromatic carbocycles. The summed E-state index contributed by atoms with van der Waals surface area (Å²) in [5, 5.41) is 1.32. The number of carbonyl (C=O) groups is 1. The molecule has 21 heavy (non-hydrogen) atoms. The normalized spacial score (nSPS) is 25.4. The number of halogens is 2. The van der Waals surface area contributed by atoms with Crippen molar-refractivity contribution in [1.82, 2.24) is 0 Å². The average Bonchev–Trinajstić information content (AvgIpc) is 2.83. The van der Waals surface area contributed by atoms with Crippen LogP contribution in [-0.2, 0) is 0 Å². The number of Topliss-reactive ketones (excluding diaryl/α,β-unsaturated/α-hetero) is 1. The van der Waals surface area contributed by atoms with Crippen LogP contribution in [0.25, 0.3) is 10.0 Å². The Morgan fingerprint density at radius 3 is 2.62 bits per heavy atom. The molecular weight excluding hydrogens is 370 g/mol. The second kappa shape index (κ2) is 4.49. The summed E-state index contributed by atoms with van der Waals surface area (Å²) in [7, 11) is 0. The molecule has 1 nitrogen and oxygen atoms in total. The molecule has 0 radical (unpaired) electrons. The van der Waals surface area contributed by atoms with E-state index >= 15 is 0 Å². The van der Waals surface area contributed by atoms with Crippen LogP contribution in [0.4, 0.5) is 0 Å². The summed E-state index contributed by atoms with van der Waals surface area (Å²) in [6, 6.07) is 7.84. The van der Waals surface area contributed by atoms with Gasteiger partial charge in [0, 0.05) is 0 Å². The van der Waals surface area contributed by atoms with Gasteiger partial charge in [-0.05, 0) is 0 Å². The summed E-state index contributed by atoms with van der Waals surface area (Å²) in [4.78, 5) is 12.6. The van der Waals surface area contributed by atoms with Crippen molar-refractivity contribution in [3.63, 3.8) is 0 Å². The first-order chi connectivity index (χ1) is 9.89. The predicted octanol–water partition coefficient (Wildman–Crippen LogP) is 5.04. The molecule has 108 valence electrons. The zero-order valence-corrected chi connectivity index (χ0v) is 15.0. The average molecular weight is 384 g/mol. The number of rotatable bonds is 1. The number of hydrogen-bond donors (Lipinski definition) is 0. The molecule has 0 unspecified atom stereocenters. The Balaban J connectivity index is 1.85. The fraction of sp³-hybridized carbons (Fsp3) is 0.353. The van der Waals surface area contributed by atoms with Crippen molar-refractivity contribution in [3.05, 3.63) is 44.3 Å². The number of benzene rings is 1. The first kappa shape index (κ1) is 14.1. The molecule has 0 N–H and O–H groups in total. The molecular formula is C17H14Cl2OSe. The number of ketones is 1. The van der Waals surface area contributed by atoms with E-state index in [4.69, 9.17) is 23.2 Å². The van der Waals surface area contributed by atoms with E-state index in [2.05, 4.69) is 19.9 Å². The molecule has 0 amide bonds. The zero-order valence-electron chi connectivity index (χ0n) is 11.7. The van der Waals surface area contributed by atoms with E-state index in [9.17, 15) is 4.79 Å². The second-order valence-electron chi connectivity index (χ2n) is 6.55. The Kier molecular flexibility index (Phi) is 3.01. The van der Waals surface area contributed by atoms with Gasteiger partial charge < -0.3 is 0 Å². The molecule has 1 heterocycles. The molecule has 1 aromatic heterocycles. The van der Waals surface area contributed by atoms with Crippen LogP contribution >= 0.6 is 23.2 Å². The molecule has 3 aliphatic rings. The minimum absolute atomic E-state index is 0.0807. The summed E-state index contributed by atoms with van der Waals surface area (Å²) in [5.41, 5.74) is 2.44. The maximum absolute atomic E-state index is 12.6. The van der Waals surface area contributed by atoms with Crippen LogP contribution in [0.3, 0.4) is 0 Å². The van der Waals surface area contributed by atoms with Gasteiger partial charge in [-0.3, -0.25) is 0 Å². The van der Waals surface area contributed by atoms with Crippen LogP contribution in [0.1, 0.15) is 41.0 Å². The quantitative estimate of drug-likeness (QED) is 0.630. The molecule has 1 fully saturated rings. The van der Waals surface area contributed by atoms with Crippen molar-refractivity contribution in [3.8, 4) is 10.0 Å². The fourth-order valence-corrected chi connectivity index (χ4v) is 7.01.